The minimum Gasteiger partial charge on any atom is -0.368 e. The van der Waals surface area contributed by atoms with Gasteiger partial charge in [-0.25, -0.2) is 0 Å². The van der Waals surface area contributed by atoms with Crippen LogP contribution < -0.4 is 10.2 Å². The topological polar surface area (TPSA) is 95.8 Å². The third-order valence-electron chi connectivity index (χ3n) is 6.79. The Kier molecular flexibility index (Phi) is 8.51. The van der Waals surface area contributed by atoms with E-state index in [1.165, 1.54) is 17.7 Å². The third-order valence-corrected chi connectivity index (χ3v) is 6.79. The van der Waals surface area contributed by atoms with Crippen molar-refractivity contribution in [3.8, 4) is 0 Å². The molecule has 0 aliphatic carbocycles. The lowest BCUT2D eigenvalue weighted by atomic mass is 9.99. The van der Waals surface area contributed by atoms with E-state index in [1.54, 1.807) is 12.1 Å². The number of amides is 2. The van der Waals surface area contributed by atoms with Crippen molar-refractivity contribution < 1.29 is 14.5 Å². The molecule has 1 heterocycles. The molecule has 192 valence electrons. The fourth-order valence-electron chi connectivity index (χ4n) is 4.56. The van der Waals surface area contributed by atoms with E-state index >= 15 is 0 Å². The lowest BCUT2D eigenvalue weighted by molar-refractivity contribution is -0.384. The lowest BCUT2D eigenvalue weighted by Gasteiger charge is -2.37. The molecule has 2 amide bonds. The maximum Gasteiger partial charge on any atom is 0.269 e. The van der Waals surface area contributed by atoms with Gasteiger partial charge in [0.05, 0.1) is 10.8 Å². The van der Waals surface area contributed by atoms with Crippen LogP contribution in [-0.4, -0.2) is 47.8 Å². The minimum atomic E-state index is -0.441. The Balaban J connectivity index is 1.22. The number of nitro benzene ring substituents is 1. The molecule has 0 radical (unpaired) electrons. The molecular formula is C29H32N4O4. The highest BCUT2D eigenvalue weighted by molar-refractivity contribution is 5.90. The summed E-state index contributed by atoms with van der Waals surface area (Å²) >= 11 is 0. The molecule has 0 saturated carbocycles. The van der Waals surface area contributed by atoms with Crippen molar-refractivity contribution in [2.75, 3.05) is 36.4 Å². The molecule has 1 fully saturated rings. The average molecular weight is 501 g/mol. The predicted octanol–water partition coefficient (Wildman–Crippen LogP) is 5.01. The monoisotopic (exact) mass is 500 g/mol. The van der Waals surface area contributed by atoms with Gasteiger partial charge in [0.25, 0.3) is 5.69 Å². The summed E-state index contributed by atoms with van der Waals surface area (Å²) in [6.07, 6.45) is 2.17. The zero-order valence-corrected chi connectivity index (χ0v) is 21.0. The van der Waals surface area contributed by atoms with Gasteiger partial charge in [0, 0.05) is 56.1 Å². The minimum absolute atomic E-state index is 0.0120. The highest BCUT2D eigenvalue weighted by atomic mass is 16.6. The van der Waals surface area contributed by atoms with Crippen molar-refractivity contribution in [3.05, 3.63) is 100 Å². The zero-order valence-electron chi connectivity index (χ0n) is 21.0. The summed E-state index contributed by atoms with van der Waals surface area (Å²) in [6, 6.07) is 24.2. The predicted molar refractivity (Wildman–Crippen MR) is 145 cm³/mol. The number of piperazine rings is 1. The van der Waals surface area contributed by atoms with E-state index in [0.717, 1.165) is 29.8 Å². The summed E-state index contributed by atoms with van der Waals surface area (Å²) in [6.45, 7) is 4.48. The maximum absolute atomic E-state index is 13.0. The molecule has 1 N–H and O–H groups in total. The first-order valence-corrected chi connectivity index (χ1v) is 12.6. The zero-order chi connectivity index (χ0) is 26.2. The van der Waals surface area contributed by atoms with Crippen LogP contribution in [0, 0.1) is 10.1 Å². The van der Waals surface area contributed by atoms with Crippen molar-refractivity contribution in [2.24, 2.45) is 0 Å². The Hall–Kier alpha value is -4.20. The van der Waals surface area contributed by atoms with Crippen molar-refractivity contribution in [1.29, 1.82) is 0 Å². The van der Waals surface area contributed by atoms with E-state index in [-0.39, 0.29) is 23.4 Å². The van der Waals surface area contributed by atoms with Crippen LogP contribution >= 0.6 is 0 Å². The molecule has 1 aliphatic heterocycles. The molecule has 1 aliphatic rings. The summed E-state index contributed by atoms with van der Waals surface area (Å²) in [5.41, 5.74) is 3.86. The number of hydrogen-bond donors (Lipinski definition) is 1. The number of nitrogens with one attached hydrogen (secondary N) is 1. The van der Waals surface area contributed by atoms with Crippen molar-refractivity contribution in [3.63, 3.8) is 0 Å². The number of aryl methyl sites for hydroxylation is 1. The standard InChI is InChI=1S/C29H32N4O4/c1-22(24-10-14-27(15-11-24)33(36)37)29(35)32-20-18-31(19-21-32)26-16-12-25(13-17-26)30-28(34)9-5-8-23-6-3-2-4-7-23/h2-4,6-7,10-17,22H,5,8-9,18-21H2,1H3,(H,30,34). The Morgan fingerprint density at radius 2 is 1.57 bits per heavy atom. The molecule has 0 aromatic heterocycles. The van der Waals surface area contributed by atoms with E-state index in [4.69, 9.17) is 0 Å². The summed E-state index contributed by atoms with van der Waals surface area (Å²) in [5, 5.41) is 13.8. The molecule has 4 rings (SSSR count). The largest absolute Gasteiger partial charge is 0.368 e. The highest BCUT2D eigenvalue weighted by Crippen LogP contribution is 2.24. The van der Waals surface area contributed by atoms with Gasteiger partial charge in [0.15, 0.2) is 0 Å². The Morgan fingerprint density at radius 3 is 2.19 bits per heavy atom. The number of nitrogens with zero attached hydrogens (tertiary/aromatic N) is 3. The smallest absolute Gasteiger partial charge is 0.269 e. The van der Waals surface area contributed by atoms with Crippen LogP contribution in [0.15, 0.2) is 78.9 Å². The second-order valence-corrected chi connectivity index (χ2v) is 9.32. The number of rotatable bonds is 9. The molecule has 0 bridgehead atoms. The van der Waals surface area contributed by atoms with Gasteiger partial charge in [-0.15, -0.1) is 0 Å². The SMILES string of the molecule is CC(C(=O)N1CCN(c2ccc(NC(=O)CCCc3ccccc3)cc2)CC1)c1ccc([N+](=O)[O-])cc1. The summed E-state index contributed by atoms with van der Waals surface area (Å²) < 4.78 is 0. The first kappa shape index (κ1) is 25.9. The van der Waals surface area contributed by atoms with E-state index in [1.807, 2.05) is 54.3 Å². The van der Waals surface area contributed by atoms with Crippen LogP contribution in [0.5, 0.6) is 0 Å². The van der Waals surface area contributed by atoms with Gasteiger partial charge in [0.1, 0.15) is 0 Å². The van der Waals surface area contributed by atoms with Gasteiger partial charge >= 0.3 is 0 Å². The number of non-ortho nitro benzene ring substituents is 1. The number of nitro groups is 1. The fourth-order valence-corrected chi connectivity index (χ4v) is 4.56. The van der Waals surface area contributed by atoms with Gasteiger partial charge in [-0.2, -0.15) is 0 Å². The summed E-state index contributed by atoms with van der Waals surface area (Å²) in [7, 11) is 0. The van der Waals surface area contributed by atoms with Crippen LogP contribution in [0.25, 0.3) is 0 Å². The molecule has 8 nitrogen and oxygen atoms in total. The molecule has 0 spiro atoms. The Bertz CT molecular complexity index is 1200. The number of carbonyl (C=O) groups excluding carboxylic acids is 2. The molecule has 37 heavy (non-hydrogen) atoms. The molecular weight excluding hydrogens is 468 g/mol. The first-order chi connectivity index (χ1) is 17.9. The number of anilines is 2. The third kappa shape index (κ3) is 6.94. The molecule has 1 unspecified atom stereocenters. The first-order valence-electron chi connectivity index (χ1n) is 12.6. The van der Waals surface area contributed by atoms with Crippen LogP contribution in [-0.2, 0) is 16.0 Å². The van der Waals surface area contributed by atoms with Crippen molar-refractivity contribution in [2.45, 2.75) is 32.1 Å². The van der Waals surface area contributed by atoms with Gasteiger partial charge in [0.2, 0.25) is 11.8 Å². The lowest BCUT2D eigenvalue weighted by Crippen LogP contribution is -2.49. The van der Waals surface area contributed by atoms with E-state index < -0.39 is 4.92 Å². The second-order valence-electron chi connectivity index (χ2n) is 9.32. The van der Waals surface area contributed by atoms with Gasteiger partial charge in [-0.1, -0.05) is 42.5 Å². The Morgan fingerprint density at radius 1 is 0.919 bits per heavy atom. The van der Waals surface area contributed by atoms with E-state index in [2.05, 4.69) is 22.3 Å². The normalized spacial score (nSPS) is 14.2. The van der Waals surface area contributed by atoms with Crippen LogP contribution in [0.4, 0.5) is 17.1 Å². The van der Waals surface area contributed by atoms with Gasteiger partial charge < -0.3 is 15.1 Å². The van der Waals surface area contributed by atoms with E-state index in [9.17, 15) is 19.7 Å². The van der Waals surface area contributed by atoms with Gasteiger partial charge in [-0.3, -0.25) is 19.7 Å². The average Bonchev–Trinajstić information content (AvgIpc) is 2.93. The Labute approximate surface area is 217 Å². The maximum atomic E-state index is 13.0. The van der Waals surface area contributed by atoms with Gasteiger partial charge in [-0.05, 0) is 55.2 Å². The summed E-state index contributed by atoms with van der Waals surface area (Å²) in [5.74, 6) is -0.320. The molecule has 3 aromatic rings. The fraction of sp³-hybridized carbons (Fsp3) is 0.310. The molecule has 3 aromatic carbocycles. The molecule has 1 atom stereocenters. The number of hydrogen-bond acceptors (Lipinski definition) is 5. The van der Waals surface area contributed by atoms with Crippen LogP contribution in [0.2, 0.25) is 0 Å². The quantitative estimate of drug-likeness (QED) is 0.329. The van der Waals surface area contributed by atoms with Crippen LogP contribution in [0.1, 0.15) is 36.8 Å². The van der Waals surface area contributed by atoms with Crippen molar-refractivity contribution in [1.82, 2.24) is 4.90 Å². The summed E-state index contributed by atoms with van der Waals surface area (Å²) in [4.78, 5) is 39.8. The van der Waals surface area contributed by atoms with E-state index in [0.29, 0.717) is 32.6 Å². The number of benzene rings is 3. The molecule has 8 heteroatoms. The van der Waals surface area contributed by atoms with Crippen LogP contribution in [0.3, 0.4) is 0 Å². The highest BCUT2D eigenvalue weighted by Gasteiger charge is 2.26. The second kappa shape index (κ2) is 12.2. The van der Waals surface area contributed by atoms with Crippen molar-refractivity contribution >= 4 is 28.9 Å². The molecule has 1 saturated heterocycles. The number of carbonyl (C=O) groups is 2.